The molecule has 7 nitrogen and oxygen atoms in total. The maximum Gasteiger partial charge on any atom is 0.491 e. The van der Waals surface area contributed by atoms with E-state index in [-0.39, 0.29) is 19.8 Å². The molecule has 0 saturated carbocycles. The van der Waals surface area contributed by atoms with Gasteiger partial charge in [-0.2, -0.15) is 10.1 Å². The number of aliphatic hydroxyl groups excluding tert-OH is 1. The minimum absolute atomic E-state index is 0.106. The molecular weight excluding hydrogens is 223 g/mol. The molecule has 0 aliphatic rings. The summed E-state index contributed by atoms with van der Waals surface area (Å²) in [7, 11) is -3.61. The van der Waals surface area contributed by atoms with Crippen LogP contribution in [0.1, 0.15) is 13.3 Å². The average molecular weight is 242 g/mol. The minimum atomic E-state index is -3.61. The van der Waals surface area contributed by atoms with Crippen molar-refractivity contribution in [3.05, 3.63) is 0 Å². The van der Waals surface area contributed by atoms with Crippen molar-refractivity contribution in [2.24, 2.45) is 5.73 Å². The van der Waals surface area contributed by atoms with Gasteiger partial charge in [-0.3, -0.25) is 9.05 Å². The van der Waals surface area contributed by atoms with Gasteiger partial charge in [-0.25, -0.2) is 4.57 Å². The van der Waals surface area contributed by atoms with Crippen LogP contribution in [0.3, 0.4) is 0 Å². The molecule has 0 bridgehead atoms. The average Bonchev–Trinajstić information content (AvgIpc) is 2.24. The predicted octanol–water partition coefficient (Wildman–Crippen LogP) is 0.00990. The summed E-state index contributed by atoms with van der Waals surface area (Å²) in [6.07, 6.45) is 0.687. The van der Waals surface area contributed by atoms with Crippen LogP contribution in [0.2, 0.25) is 0 Å². The van der Waals surface area contributed by atoms with E-state index in [1.807, 2.05) is 6.92 Å². The Morgan fingerprint density at radius 3 is 2.60 bits per heavy atom. The summed E-state index contributed by atoms with van der Waals surface area (Å²) in [5.41, 5.74) is 7.58. The second-order valence-corrected chi connectivity index (χ2v) is 4.20. The zero-order chi connectivity index (χ0) is 11.6. The van der Waals surface area contributed by atoms with Gasteiger partial charge in [0, 0.05) is 13.1 Å². The van der Waals surface area contributed by atoms with Crippen LogP contribution in [0.25, 0.3) is 0 Å². The topological polar surface area (TPSA) is 103 Å². The molecule has 0 rings (SSSR count). The Bertz CT molecular complexity index is 180. The number of hydroxylamine groups is 1. The van der Waals surface area contributed by atoms with Gasteiger partial charge in [0.05, 0.1) is 19.8 Å². The molecule has 0 spiro atoms. The molecule has 0 aliphatic carbocycles. The molecule has 8 heteroatoms. The molecular formula is C7H19N2O5P. The third-order valence-electron chi connectivity index (χ3n) is 1.22. The summed E-state index contributed by atoms with van der Waals surface area (Å²) in [5, 5.41) is 8.53. The van der Waals surface area contributed by atoms with Crippen LogP contribution in [-0.4, -0.2) is 38.0 Å². The van der Waals surface area contributed by atoms with Gasteiger partial charge < -0.3 is 10.8 Å². The second kappa shape index (κ2) is 9.23. The van der Waals surface area contributed by atoms with Crippen molar-refractivity contribution >= 4 is 7.82 Å². The Kier molecular flexibility index (Phi) is 9.23. The summed E-state index contributed by atoms with van der Waals surface area (Å²) in [6.45, 7) is 2.44. The van der Waals surface area contributed by atoms with Gasteiger partial charge in [-0.05, 0) is 6.42 Å². The molecule has 0 heterocycles. The molecule has 0 saturated heterocycles. The lowest BCUT2D eigenvalue weighted by Crippen LogP contribution is -2.23. The van der Waals surface area contributed by atoms with Crippen LogP contribution in [0.15, 0.2) is 0 Å². The number of phosphoric acid groups is 1. The number of nitrogens with one attached hydrogen (secondary N) is 1. The molecule has 92 valence electrons. The lowest BCUT2D eigenvalue weighted by Gasteiger charge is -2.16. The molecule has 0 amide bonds. The van der Waals surface area contributed by atoms with E-state index in [0.29, 0.717) is 19.5 Å². The van der Waals surface area contributed by atoms with Gasteiger partial charge in [0.15, 0.2) is 0 Å². The van der Waals surface area contributed by atoms with Gasteiger partial charge in [0.2, 0.25) is 0 Å². The zero-order valence-electron chi connectivity index (χ0n) is 8.85. The van der Waals surface area contributed by atoms with E-state index in [1.54, 1.807) is 0 Å². The monoisotopic (exact) mass is 242 g/mol. The van der Waals surface area contributed by atoms with E-state index in [4.69, 9.17) is 24.5 Å². The van der Waals surface area contributed by atoms with E-state index in [2.05, 4.69) is 5.48 Å². The molecule has 1 unspecified atom stereocenters. The fourth-order valence-corrected chi connectivity index (χ4v) is 1.77. The zero-order valence-corrected chi connectivity index (χ0v) is 9.74. The summed E-state index contributed by atoms with van der Waals surface area (Å²) in [6, 6.07) is 0. The molecule has 0 aliphatic heterocycles. The molecule has 0 aromatic heterocycles. The van der Waals surface area contributed by atoms with Gasteiger partial charge in [-0.15, -0.1) is 0 Å². The molecule has 0 aromatic carbocycles. The Labute approximate surface area is 89.5 Å². The molecule has 0 aromatic rings. The minimum Gasteiger partial charge on any atom is -0.394 e. The van der Waals surface area contributed by atoms with Gasteiger partial charge >= 0.3 is 7.82 Å². The molecule has 0 radical (unpaired) electrons. The van der Waals surface area contributed by atoms with Crippen LogP contribution in [0.5, 0.6) is 0 Å². The van der Waals surface area contributed by atoms with Crippen molar-refractivity contribution in [2.45, 2.75) is 13.3 Å². The number of phosphoric ester groups is 1. The van der Waals surface area contributed by atoms with Crippen molar-refractivity contribution in [3.63, 3.8) is 0 Å². The Hall–Kier alpha value is -0.0100. The number of nitrogens with two attached hydrogens (primary N) is 1. The summed E-state index contributed by atoms with van der Waals surface area (Å²) < 4.78 is 26.2. The third kappa shape index (κ3) is 7.87. The van der Waals surface area contributed by atoms with Crippen molar-refractivity contribution in [2.75, 3.05) is 32.9 Å². The number of aliphatic hydroxyl groups is 1. The lowest BCUT2D eigenvalue weighted by molar-refractivity contribution is 0.0625. The van der Waals surface area contributed by atoms with Crippen LogP contribution >= 0.6 is 7.82 Å². The highest BCUT2D eigenvalue weighted by molar-refractivity contribution is 7.48. The van der Waals surface area contributed by atoms with E-state index in [1.165, 1.54) is 0 Å². The van der Waals surface area contributed by atoms with Crippen molar-refractivity contribution in [3.8, 4) is 0 Å². The Morgan fingerprint density at radius 1 is 1.40 bits per heavy atom. The maximum absolute atomic E-state index is 11.7. The van der Waals surface area contributed by atoms with E-state index < -0.39 is 7.82 Å². The first kappa shape index (κ1) is 15.0. The van der Waals surface area contributed by atoms with E-state index >= 15 is 0 Å². The first-order valence-electron chi connectivity index (χ1n) is 4.80. The van der Waals surface area contributed by atoms with Crippen molar-refractivity contribution in [1.82, 2.24) is 5.48 Å². The maximum atomic E-state index is 11.7. The summed E-state index contributed by atoms with van der Waals surface area (Å²) in [5.74, 6) is 0. The Morgan fingerprint density at radius 2 is 2.07 bits per heavy atom. The quantitative estimate of drug-likeness (QED) is 0.281. The molecule has 4 N–H and O–H groups in total. The largest absolute Gasteiger partial charge is 0.491 e. The Balaban J connectivity index is 3.96. The second-order valence-electron chi connectivity index (χ2n) is 2.61. The van der Waals surface area contributed by atoms with Crippen LogP contribution in [0, 0.1) is 0 Å². The number of hydrogen-bond acceptors (Lipinski definition) is 7. The standard InChI is InChI=1S/C7H19N2O5P/c1-2-6-12-15(11,13-7-5-10)14-9-4-3-8/h9-10H,2-8H2,1H3. The van der Waals surface area contributed by atoms with Crippen molar-refractivity contribution < 1.29 is 23.3 Å². The SMILES string of the molecule is CCCOP(=O)(OCCO)ONCCN. The van der Waals surface area contributed by atoms with Crippen LogP contribution in [0.4, 0.5) is 0 Å². The summed E-state index contributed by atoms with van der Waals surface area (Å²) in [4.78, 5) is 0. The predicted molar refractivity (Wildman–Crippen MR) is 55.0 cm³/mol. The molecule has 15 heavy (non-hydrogen) atoms. The number of rotatable bonds is 10. The van der Waals surface area contributed by atoms with Gasteiger partial charge in [0.25, 0.3) is 0 Å². The fraction of sp³-hybridized carbons (Fsp3) is 1.00. The highest BCUT2D eigenvalue weighted by Crippen LogP contribution is 2.48. The first-order valence-corrected chi connectivity index (χ1v) is 6.26. The fourth-order valence-electron chi connectivity index (χ4n) is 0.629. The highest BCUT2D eigenvalue weighted by atomic mass is 31.2. The van der Waals surface area contributed by atoms with Crippen molar-refractivity contribution in [1.29, 1.82) is 0 Å². The smallest absolute Gasteiger partial charge is 0.394 e. The molecule has 0 fully saturated rings. The first-order chi connectivity index (χ1) is 7.18. The summed E-state index contributed by atoms with van der Waals surface area (Å²) >= 11 is 0. The van der Waals surface area contributed by atoms with Gasteiger partial charge in [-0.1, -0.05) is 6.92 Å². The van der Waals surface area contributed by atoms with Crippen LogP contribution < -0.4 is 11.2 Å². The molecule has 1 atom stereocenters. The third-order valence-corrected chi connectivity index (χ3v) is 2.57. The van der Waals surface area contributed by atoms with E-state index in [0.717, 1.165) is 0 Å². The van der Waals surface area contributed by atoms with Gasteiger partial charge in [0.1, 0.15) is 0 Å². The van der Waals surface area contributed by atoms with E-state index in [9.17, 15) is 4.57 Å². The normalized spacial score (nSPS) is 15.1. The number of hydrogen-bond donors (Lipinski definition) is 3. The highest BCUT2D eigenvalue weighted by Gasteiger charge is 2.26. The lowest BCUT2D eigenvalue weighted by atomic mass is 10.5. The van der Waals surface area contributed by atoms with Crippen LogP contribution in [-0.2, 0) is 18.2 Å².